The Hall–Kier alpha value is -1.60. The minimum Gasteiger partial charge on any atom is -0.496 e. The summed E-state index contributed by atoms with van der Waals surface area (Å²) in [7, 11) is 1.44. The lowest BCUT2D eigenvalue weighted by Gasteiger charge is -2.22. The number of likely N-dealkylation sites (tertiary alicyclic amines) is 1. The Morgan fingerprint density at radius 2 is 2.15 bits per heavy atom. The number of carboxylic acids is 1. The molecular weight excluding hydrogens is 330 g/mol. The van der Waals surface area contributed by atoms with Gasteiger partial charge < -0.3 is 19.8 Å². The molecule has 20 heavy (non-hydrogen) atoms. The lowest BCUT2D eigenvalue weighted by Crippen LogP contribution is -2.40. The van der Waals surface area contributed by atoms with Gasteiger partial charge in [-0.05, 0) is 18.2 Å². The standard InChI is InChI=1S/C13H14BrNO5/c1-20-11-4-7(14)2-3-9(11)12(17)15-6-8(16)5-10(15)13(18)19/h2-4,8,10,16H,5-6H2,1H3,(H,18,19)/t8-,10-/m0/s1. The van der Waals surface area contributed by atoms with E-state index >= 15 is 0 Å². The number of methoxy groups -OCH3 is 1. The molecule has 1 amide bonds. The van der Waals surface area contributed by atoms with E-state index in [-0.39, 0.29) is 18.5 Å². The Balaban J connectivity index is 2.33. The van der Waals surface area contributed by atoms with Gasteiger partial charge in [0.05, 0.1) is 18.8 Å². The second kappa shape index (κ2) is 5.80. The van der Waals surface area contributed by atoms with E-state index in [0.717, 1.165) is 4.47 Å². The van der Waals surface area contributed by atoms with E-state index in [1.54, 1.807) is 18.2 Å². The molecule has 0 aromatic heterocycles. The number of halogens is 1. The van der Waals surface area contributed by atoms with Crippen LogP contribution in [0.1, 0.15) is 16.8 Å². The molecule has 1 fully saturated rings. The van der Waals surface area contributed by atoms with Gasteiger partial charge in [0, 0.05) is 17.4 Å². The van der Waals surface area contributed by atoms with Crippen LogP contribution < -0.4 is 4.74 Å². The first-order chi connectivity index (χ1) is 9.43. The van der Waals surface area contributed by atoms with Crippen LogP contribution in [0.2, 0.25) is 0 Å². The van der Waals surface area contributed by atoms with Crippen LogP contribution in [0.25, 0.3) is 0 Å². The van der Waals surface area contributed by atoms with Gasteiger partial charge in [-0.25, -0.2) is 4.79 Å². The summed E-state index contributed by atoms with van der Waals surface area (Å²) in [6.45, 7) is 0.00895. The van der Waals surface area contributed by atoms with Crippen molar-refractivity contribution in [2.75, 3.05) is 13.7 Å². The minimum absolute atomic E-state index is 0.00895. The van der Waals surface area contributed by atoms with Crippen LogP contribution in [0.3, 0.4) is 0 Å². The van der Waals surface area contributed by atoms with Crippen molar-refractivity contribution >= 4 is 27.8 Å². The number of nitrogens with zero attached hydrogens (tertiary/aromatic N) is 1. The summed E-state index contributed by atoms with van der Waals surface area (Å²) in [5.41, 5.74) is 0.274. The molecule has 1 aliphatic heterocycles. The number of hydrogen-bond acceptors (Lipinski definition) is 4. The molecule has 1 aromatic rings. The number of aliphatic hydroxyl groups excluding tert-OH is 1. The van der Waals surface area contributed by atoms with Crippen molar-refractivity contribution in [2.24, 2.45) is 0 Å². The molecule has 0 saturated carbocycles. The lowest BCUT2D eigenvalue weighted by atomic mass is 10.1. The highest BCUT2D eigenvalue weighted by Crippen LogP contribution is 2.28. The molecule has 2 rings (SSSR count). The summed E-state index contributed by atoms with van der Waals surface area (Å²) < 4.78 is 5.89. The number of carboxylic acid groups (broad SMARTS) is 1. The van der Waals surface area contributed by atoms with Crippen molar-refractivity contribution in [2.45, 2.75) is 18.6 Å². The predicted molar refractivity (Wildman–Crippen MR) is 73.8 cm³/mol. The average Bonchev–Trinajstić information content (AvgIpc) is 2.80. The van der Waals surface area contributed by atoms with E-state index in [4.69, 9.17) is 9.84 Å². The number of carbonyl (C=O) groups excluding carboxylic acids is 1. The molecule has 2 atom stereocenters. The van der Waals surface area contributed by atoms with Gasteiger partial charge in [0.25, 0.3) is 5.91 Å². The molecule has 1 aromatic carbocycles. The number of aliphatic carboxylic acids is 1. The van der Waals surface area contributed by atoms with Gasteiger partial charge in [0.2, 0.25) is 0 Å². The van der Waals surface area contributed by atoms with Crippen molar-refractivity contribution in [1.82, 2.24) is 4.90 Å². The fourth-order valence-corrected chi connectivity index (χ4v) is 2.61. The quantitative estimate of drug-likeness (QED) is 0.858. The van der Waals surface area contributed by atoms with Crippen molar-refractivity contribution in [1.29, 1.82) is 0 Å². The maximum atomic E-state index is 12.5. The van der Waals surface area contributed by atoms with Crippen LogP contribution in [0.15, 0.2) is 22.7 Å². The van der Waals surface area contributed by atoms with Gasteiger partial charge >= 0.3 is 5.97 Å². The maximum Gasteiger partial charge on any atom is 0.326 e. The van der Waals surface area contributed by atoms with Crippen LogP contribution in [-0.4, -0.2) is 52.8 Å². The van der Waals surface area contributed by atoms with Crippen LogP contribution in [0.4, 0.5) is 0 Å². The Labute approximate surface area is 124 Å². The number of β-amino-alcohol motifs (C(OH)–C–C–N with tert-alkyl or cyclic N) is 1. The number of aliphatic hydroxyl groups is 1. The Morgan fingerprint density at radius 1 is 1.45 bits per heavy atom. The average molecular weight is 344 g/mol. The Morgan fingerprint density at radius 3 is 2.75 bits per heavy atom. The number of benzene rings is 1. The number of carbonyl (C=O) groups is 2. The second-order valence-electron chi connectivity index (χ2n) is 4.55. The zero-order chi connectivity index (χ0) is 14.9. The van der Waals surface area contributed by atoms with Crippen LogP contribution >= 0.6 is 15.9 Å². The monoisotopic (exact) mass is 343 g/mol. The van der Waals surface area contributed by atoms with E-state index in [1.807, 2.05) is 0 Å². The second-order valence-corrected chi connectivity index (χ2v) is 5.46. The van der Waals surface area contributed by atoms with Crippen molar-refractivity contribution in [3.8, 4) is 5.75 Å². The first-order valence-corrected chi connectivity index (χ1v) is 6.78. The van der Waals surface area contributed by atoms with Gasteiger partial charge in [0.15, 0.2) is 0 Å². The molecule has 0 aliphatic carbocycles. The minimum atomic E-state index is -1.12. The molecule has 0 spiro atoms. The largest absolute Gasteiger partial charge is 0.496 e. The fraction of sp³-hybridized carbons (Fsp3) is 0.385. The highest BCUT2D eigenvalue weighted by atomic mass is 79.9. The van der Waals surface area contributed by atoms with E-state index in [0.29, 0.717) is 5.75 Å². The van der Waals surface area contributed by atoms with Gasteiger partial charge in [-0.15, -0.1) is 0 Å². The SMILES string of the molecule is COc1cc(Br)ccc1C(=O)N1C[C@@H](O)C[C@H]1C(=O)O. The van der Waals surface area contributed by atoms with Gasteiger partial charge in [-0.3, -0.25) is 4.79 Å². The van der Waals surface area contributed by atoms with Crippen molar-refractivity contribution < 1.29 is 24.5 Å². The highest BCUT2D eigenvalue weighted by molar-refractivity contribution is 9.10. The fourth-order valence-electron chi connectivity index (χ4n) is 2.27. The topological polar surface area (TPSA) is 87.1 Å². The number of hydrogen-bond donors (Lipinski definition) is 2. The third-order valence-corrected chi connectivity index (χ3v) is 3.71. The normalized spacial score (nSPS) is 21.9. The summed E-state index contributed by atoms with van der Waals surface area (Å²) >= 11 is 3.28. The maximum absolute atomic E-state index is 12.5. The van der Waals surface area contributed by atoms with Gasteiger partial charge in [-0.2, -0.15) is 0 Å². The summed E-state index contributed by atoms with van der Waals surface area (Å²) in [6.07, 6.45) is -0.776. The molecule has 1 aliphatic rings. The molecule has 1 heterocycles. The van der Waals surface area contributed by atoms with Crippen LogP contribution in [0.5, 0.6) is 5.75 Å². The summed E-state index contributed by atoms with van der Waals surface area (Å²) in [5, 5.41) is 18.7. The molecule has 7 heteroatoms. The zero-order valence-electron chi connectivity index (χ0n) is 10.7. The molecule has 2 N–H and O–H groups in total. The summed E-state index contributed by atoms with van der Waals surface area (Å²) in [6, 6.07) is 3.87. The van der Waals surface area contributed by atoms with E-state index in [1.165, 1.54) is 12.0 Å². The lowest BCUT2D eigenvalue weighted by molar-refractivity contribution is -0.141. The molecule has 108 valence electrons. The molecule has 0 bridgehead atoms. The third kappa shape index (κ3) is 2.78. The number of rotatable bonds is 3. The smallest absolute Gasteiger partial charge is 0.326 e. The first-order valence-electron chi connectivity index (χ1n) is 5.99. The van der Waals surface area contributed by atoms with Crippen LogP contribution in [0, 0.1) is 0 Å². The molecule has 0 radical (unpaired) electrons. The number of ether oxygens (including phenoxy) is 1. The van der Waals surface area contributed by atoms with E-state index in [9.17, 15) is 14.7 Å². The Bertz CT molecular complexity index is 548. The van der Waals surface area contributed by atoms with Gasteiger partial charge in [-0.1, -0.05) is 15.9 Å². The van der Waals surface area contributed by atoms with Gasteiger partial charge in [0.1, 0.15) is 11.8 Å². The zero-order valence-corrected chi connectivity index (χ0v) is 12.3. The Kier molecular flexibility index (Phi) is 4.29. The first kappa shape index (κ1) is 14.8. The highest BCUT2D eigenvalue weighted by Gasteiger charge is 2.39. The predicted octanol–water partition coefficient (Wildman–Crippen LogP) is 1.12. The van der Waals surface area contributed by atoms with E-state index < -0.39 is 24.0 Å². The molecule has 1 saturated heterocycles. The van der Waals surface area contributed by atoms with Crippen molar-refractivity contribution in [3.05, 3.63) is 28.2 Å². The van der Waals surface area contributed by atoms with Crippen LogP contribution in [-0.2, 0) is 4.79 Å². The number of amides is 1. The molecule has 6 nitrogen and oxygen atoms in total. The molecule has 0 unspecified atom stereocenters. The van der Waals surface area contributed by atoms with E-state index in [2.05, 4.69) is 15.9 Å². The van der Waals surface area contributed by atoms with Crippen molar-refractivity contribution in [3.63, 3.8) is 0 Å². The summed E-state index contributed by atoms with van der Waals surface area (Å²) in [5.74, 6) is -1.22. The summed E-state index contributed by atoms with van der Waals surface area (Å²) in [4.78, 5) is 24.8. The molecular formula is C13H14BrNO5. The third-order valence-electron chi connectivity index (χ3n) is 3.22.